The van der Waals surface area contributed by atoms with Crippen molar-refractivity contribution in [2.75, 3.05) is 17.2 Å². The number of benzene rings is 1. The molecule has 0 aliphatic heterocycles. The van der Waals surface area contributed by atoms with Crippen molar-refractivity contribution in [2.45, 2.75) is 16.5 Å². The van der Waals surface area contributed by atoms with Crippen molar-refractivity contribution in [1.29, 1.82) is 0 Å². The second kappa shape index (κ2) is 8.92. The molecule has 10 heteroatoms. The molecule has 1 unspecified atom stereocenters. The number of rotatable bonds is 7. The monoisotopic (exact) mass is 422 g/mol. The minimum atomic E-state index is -0.393. The first kappa shape index (κ1) is 19.3. The molecule has 2 rings (SSSR count). The van der Waals surface area contributed by atoms with E-state index in [-0.39, 0.29) is 5.91 Å². The standard InChI is InChI=1S/C14H13Cl3N4OS2/c1-3-4-18-13-20-21-14(24-13)23-7(2)12(22)19-11-6-9(16)8(15)5-10(11)17/h3,5-7H,1,4H2,2H3,(H,18,20)(H,19,22). The van der Waals surface area contributed by atoms with Crippen LogP contribution in [0.3, 0.4) is 0 Å². The number of amides is 1. The number of nitrogens with zero attached hydrogens (tertiary/aromatic N) is 2. The Labute approximate surface area is 162 Å². The summed E-state index contributed by atoms with van der Waals surface area (Å²) in [6.07, 6.45) is 1.73. The first-order chi connectivity index (χ1) is 11.4. The van der Waals surface area contributed by atoms with Gasteiger partial charge in [0.15, 0.2) is 4.34 Å². The van der Waals surface area contributed by atoms with Gasteiger partial charge in [-0.15, -0.1) is 16.8 Å². The highest BCUT2D eigenvalue weighted by Crippen LogP contribution is 2.33. The molecule has 2 N–H and O–H groups in total. The molecule has 1 amide bonds. The third-order valence-electron chi connectivity index (χ3n) is 2.72. The van der Waals surface area contributed by atoms with Gasteiger partial charge < -0.3 is 10.6 Å². The Morgan fingerprint density at radius 1 is 1.33 bits per heavy atom. The molecule has 0 spiro atoms. The average molecular weight is 424 g/mol. The van der Waals surface area contributed by atoms with Crippen molar-refractivity contribution in [2.24, 2.45) is 0 Å². The maximum Gasteiger partial charge on any atom is 0.237 e. The van der Waals surface area contributed by atoms with Crippen LogP contribution >= 0.6 is 57.9 Å². The van der Waals surface area contributed by atoms with Gasteiger partial charge in [-0.3, -0.25) is 4.79 Å². The lowest BCUT2D eigenvalue weighted by atomic mass is 10.3. The quantitative estimate of drug-likeness (QED) is 0.363. The molecule has 1 heterocycles. The number of hydrogen-bond acceptors (Lipinski definition) is 6. The molecule has 0 aliphatic carbocycles. The number of hydrogen-bond donors (Lipinski definition) is 2. The van der Waals surface area contributed by atoms with Crippen molar-refractivity contribution in [3.63, 3.8) is 0 Å². The van der Waals surface area contributed by atoms with E-state index in [4.69, 9.17) is 34.8 Å². The first-order valence-electron chi connectivity index (χ1n) is 6.71. The summed E-state index contributed by atoms with van der Waals surface area (Å²) in [5.74, 6) is -0.226. The summed E-state index contributed by atoms with van der Waals surface area (Å²) in [7, 11) is 0. The molecule has 1 atom stereocenters. The van der Waals surface area contributed by atoms with Gasteiger partial charge in [-0.25, -0.2) is 0 Å². The lowest BCUT2D eigenvalue weighted by Crippen LogP contribution is -2.22. The van der Waals surface area contributed by atoms with Crippen molar-refractivity contribution >= 4 is 74.6 Å². The van der Waals surface area contributed by atoms with Crippen LogP contribution in [0, 0.1) is 0 Å². The lowest BCUT2D eigenvalue weighted by molar-refractivity contribution is -0.115. The van der Waals surface area contributed by atoms with Crippen molar-refractivity contribution in [3.05, 3.63) is 39.9 Å². The number of halogens is 3. The Bertz CT molecular complexity index is 754. The summed E-state index contributed by atoms with van der Waals surface area (Å²) in [6, 6.07) is 3.00. The van der Waals surface area contributed by atoms with Crippen molar-refractivity contribution in [3.8, 4) is 0 Å². The minimum Gasteiger partial charge on any atom is -0.357 e. The highest BCUT2D eigenvalue weighted by atomic mass is 35.5. The Morgan fingerprint density at radius 2 is 2.04 bits per heavy atom. The number of nitrogens with one attached hydrogen (secondary N) is 2. The van der Waals surface area contributed by atoms with E-state index in [0.29, 0.717) is 36.8 Å². The van der Waals surface area contributed by atoms with Crippen LogP contribution < -0.4 is 10.6 Å². The Kier molecular flexibility index (Phi) is 7.18. The van der Waals surface area contributed by atoms with Crippen molar-refractivity contribution < 1.29 is 4.79 Å². The normalized spacial score (nSPS) is 11.8. The second-order valence-corrected chi connectivity index (χ2v) is 8.33. The SMILES string of the molecule is C=CCNc1nnc(SC(C)C(=O)Nc2cc(Cl)c(Cl)cc2Cl)s1. The summed E-state index contributed by atoms with van der Waals surface area (Å²) in [6.45, 7) is 5.99. The first-order valence-corrected chi connectivity index (χ1v) is 9.54. The predicted molar refractivity (Wildman–Crippen MR) is 104 cm³/mol. The summed E-state index contributed by atoms with van der Waals surface area (Å²) >= 11 is 20.6. The zero-order chi connectivity index (χ0) is 17.7. The molecule has 0 bridgehead atoms. The summed E-state index contributed by atoms with van der Waals surface area (Å²) in [5, 5.41) is 15.1. The fourth-order valence-electron chi connectivity index (χ4n) is 1.55. The van der Waals surface area contributed by atoms with Crippen LogP contribution in [-0.4, -0.2) is 27.9 Å². The molecular formula is C14H13Cl3N4OS2. The van der Waals surface area contributed by atoms with E-state index in [2.05, 4.69) is 27.4 Å². The van der Waals surface area contributed by atoms with E-state index in [1.54, 1.807) is 13.0 Å². The number of thioether (sulfide) groups is 1. The lowest BCUT2D eigenvalue weighted by Gasteiger charge is -2.12. The average Bonchev–Trinajstić information content (AvgIpc) is 2.97. The van der Waals surface area contributed by atoms with Gasteiger partial charge in [0.05, 0.1) is 26.0 Å². The van der Waals surface area contributed by atoms with Gasteiger partial charge >= 0.3 is 0 Å². The largest absolute Gasteiger partial charge is 0.357 e. The highest BCUT2D eigenvalue weighted by Gasteiger charge is 2.19. The van der Waals surface area contributed by atoms with Crippen LogP contribution in [0.2, 0.25) is 15.1 Å². The third kappa shape index (κ3) is 5.26. The van der Waals surface area contributed by atoms with Gasteiger partial charge in [0.1, 0.15) is 0 Å². The van der Waals surface area contributed by atoms with Crippen LogP contribution in [0.15, 0.2) is 29.1 Å². The molecule has 0 saturated heterocycles. The molecule has 1 aromatic carbocycles. The number of carbonyl (C=O) groups is 1. The van der Waals surface area contributed by atoms with Gasteiger partial charge in [-0.2, -0.15) is 0 Å². The van der Waals surface area contributed by atoms with Gasteiger partial charge in [0.25, 0.3) is 0 Å². The van der Waals surface area contributed by atoms with E-state index in [1.165, 1.54) is 35.2 Å². The summed E-state index contributed by atoms with van der Waals surface area (Å²) in [4.78, 5) is 12.3. The van der Waals surface area contributed by atoms with E-state index >= 15 is 0 Å². The zero-order valence-corrected chi connectivity index (χ0v) is 16.4. The molecule has 0 radical (unpaired) electrons. The van der Waals surface area contributed by atoms with E-state index < -0.39 is 5.25 Å². The van der Waals surface area contributed by atoms with E-state index in [1.807, 2.05) is 0 Å². The fourth-order valence-corrected chi connectivity index (χ4v) is 4.04. The summed E-state index contributed by atoms with van der Waals surface area (Å²) in [5.41, 5.74) is 0.411. The van der Waals surface area contributed by atoms with Crippen LogP contribution in [0.4, 0.5) is 10.8 Å². The molecule has 2 aromatic rings. The maximum atomic E-state index is 12.3. The molecule has 0 fully saturated rings. The number of anilines is 2. The molecule has 0 aliphatic rings. The third-order valence-corrected chi connectivity index (χ3v) is 5.82. The Morgan fingerprint density at radius 3 is 2.75 bits per heavy atom. The predicted octanol–water partition coefficient (Wildman–Crippen LogP) is 5.22. The van der Waals surface area contributed by atoms with Gasteiger partial charge in [-0.05, 0) is 19.1 Å². The molecule has 128 valence electrons. The van der Waals surface area contributed by atoms with Crippen molar-refractivity contribution in [1.82, 2.24) is 10.2 Å². The van der Waals surface area contributed by atoms with Gasteiger partial charge in [0.2, 0.25) is 11.0 Å². The molecule has 1 aromatic heterocycles. The molecule has 0 saturated carbocycles. The maximum absolute atomic E-state index is 12.3. The van der Waals surface area contributed by atoms with Gasteiger partial charge in [0, 0.05) is 6.54 Å². The van der Waals surface area contributed by atoms with Crippen LogP contribution in [-0.2, 0) is 4.79 Å². The zero-order valence-electron chi connectivity index (χ0n) is 12.5. The Hall–Kier alpha value is -0.990. The molecular weight excluding hydrogens is 411 g/mol. The van der Waals surface area contributed by atoms with E-state index in [9.17, 15) is 4.79 Å². The number of carbonyl (C=O) groups excluding carboxylic acids is 1. The van der Waals surface area contributed by atoms with E-state index in [0.717, 1.165) is 0 Å². The highest BCUT2D eigenvalue weighted by molar-refractivity contribution is 8.02. The van der Waals surface area contributed by atoms with Crippen LogP contribution in [0.1, 0.15) is 6.92 Å². The Balaban J connectivity index is 1.98. The molecule has 24 heavy (non-hydrogen) atoms. The van der Waals surface area contributed by atoms with Crippen LogP contribution in [0.25, 0.3) is 0 Å². The van der Waals surface area contributed by atoms with Gasteiger partial charge in [-0.1, -0.05) is 64.0 Å². The second-order valence-electron chi connectivity index (χ2n) is 4.54. The fraction of sp³-hybridized carbons (Fsp3) is 0.214. The minimum absolute atomic E-state index is 0.226. The summed E-state index contributed by atoms with van der Waals surface area (Å²) < 4.78 is 0.685. The molecule has 5 nitrogen and oxygen atoms in total. The smallest absolute Gasteiger partial charge is 0.237 e. The topological polar surface area (TPSA) is 66.9 Å². The number of aromatic nitrogens is 2. The van der Waals surface area contributed by atoms with Crippen LogP contribution in [0.5, 0.6) is 0 Å².